The van der Waals surface area contributed by atoms with E-state index in [9.17, 15) is 4.79 Å². The second-order valence-corrected chi connectivity index (χ2v) is 3.00. The largest absolute Gasteiger partial charge is 0.477 e. The van der Waals surface area contributed by atoms with E-state index in [0.29, 0.717) is 11.4 Å². The van der Waals surface area contributed by atoms with Crippen LogP contribution in [0.4, 0.5) is 0 Å². The Labute approximate surface area is 75.8 Å². The monoisotopic (exact) mass is 178 g/mol. The van der Waals surface area contributed by atoms with E-state index in [1.165, 1.54) is 0 Å². The van der Waals surface area contributed by atoms with Crippen molar-refractivity contribution in [3.63, 3.8) is 0 Å². The van der Waals surface area contributed by atoms with Gasteiger partial charge in [0, 0.05) is 11.9 Å². The number of rotatable bonds is 1. The van der Waals surface area contributed by atoms with Crippen LogP contribution >= 0.6 is 0 Å². The smallest absolute Gasteiger partial charge is 0.354 e. The van der Waals surface area contributed by atoms with Crippen molar-refractivity contribution in [2.75, 3.05) is 0 Å². The minimum Gasteiger partial charge on any atom is -0.477 e. The summed E-state index contributed by atoms with van der Waals surface area (Å²) in [6, 6.07) is 0. The maximum Gasteiger partial charge on any atom is 0.354 e. The molecule has 13 heavy (non-hydrogen) atoms. The molecule has 0 radical (unpaired) electrons. The number of carboxylic acid groups (broad SMARTS) is 1. The van der Waals surface area contributed by atoms with Crippen molar-refractivity contribution in [1.29, 1.82) is 0 Å². The fourth-order valence-electron chi connectivity index (χ4n) is 1.58. The van der Waals surface area contributed by atoms with Gasteiger partial charge in [0.15, 0.2) is 0 Å². The van der Waals surface area contributed by atoms with Crippen LogP contribution in [0.3, 0.4) is 0 Å². The van der Waals surface area contributed by atoms with E-state index >= 15 is 0 Å². The molecule has 1 atom stereocenters. The Morgan fingerprint density at radius 3 is 3.08 bits per heavy atom. The van der Waals surface area contributed by atoms with Crippen LogP contribution in [0.2, 0.25) is 0 Å². The highest BCUT2D eigenvalue weighted by Gasteiger charge is 2.31. The molecule has 2 aliphatic rings. The van der Waals surface area contributed by atoms with E-state index in [2.05, 4.69) is 5.32 Å². The Balaban J connectivity index is 2.36. The van der Waals surface area contributed by atoms with Crippen LogP contribution in [0.1, 0.15) is 6.92 Å². The molecule has 4 nitrogen and oxygen atoms in total. The minimum atomic E-state index is -0.896. The molecule has 0 saturated carbocycles. The molecule has 0 fully saturated rings. The van der Waals surface area contributed by atoms with Gasteiger partial charge in [0.25, 0.3) is 0 Å². The molecule has 68 valence electrons. The highest BCUT2D eigenvalue weighted by Crippen LogP contribution is 2.23. The molecule has 0 aromatic heterocycles. The van der Waals surface area contributed by atoms with E-state index in [-0.39, 0.29) is 6.17 Å². The molecule has 2 N–H and O–H groups in total. The van der Waals surface area contributed by atoms with Crippen molar-refractivity contribution >= 4 is 5.97 Å². The summed E-state index contributed by atoms with van der Waals surface area (Å²) in [6.45, 7) is 1.77. The normalized spacial score (nSPS) is 24.7. The minimum absolute atomic E-state index is 0.0314. The van der Waals surface area contributed by atoms with Gasteiger partial charge < -0.3 is 15.3 Å². The number of hydrogen-bond acceptors (Lipinski definition) is 3. The molecule has 4 heteroatoms. The lowest BCUT2D eigenvalue weighted by molar-refractivity contribution is -0.134. The maximum absolute atomic E-state index is 10.9. The molecule has 2 rings (SSSR count). The maximum atomic E-state index is 10.9. The highest BCUT2D eigenvalue weighted by atomic mass is 16.4. The molecular weight excluding hydrogens is 168 g/mol. The van der Waals surface area contributed by atoms with E-state index in [1.54, 1.807) is 18.0 Å². The number of nitrogens with zero attached hydrogens (tertiary/aromatic N) is 1. The van der Waals surface area contributed by atoms with Gasteiger partial charge in [-0.25, -0.2) is 4.79 Å². The van der Waals surface area contributed by atoms with E-state index in [0.717, 1.165) is 0 Å². The van der Waals surface area contributed by atoms with Gasteiger partial charge in [-0.1, -0.05) is 6.08 Å². The molecule has 0 bridgehead atoms. The van der Waals surface area contributed by atoms with Crippen LogP contribution in [0, 0.1) is 0 Å². The fraction of sp³-hybridized carbons (Fsp3) is 0.222. The number of carboxylic acids is 1. The van der Waals surface area contributed by atoms with E-state index < -0.39 is 5.97 Å². The summed E-state index contributed by atoms with van der Waals surface area (Å²) in [5.74, 6) is -0.896. The third-order valence-electron chi connectivity index (χ3n) is 2.13. The summed E-state index contributed by atoms with van der Waals surface area (Å²) >= 11 is 0. The van der Waals surface area contributed by atoms with Gasteiger partial charge >= 0.3 is 5.97 Å². The Hall–Kier alpha value is -1.71. The zero-order chi connectivity index (χ0) is 9.42. The lowest BCUT2D eigenvalue weighted by Gasteiger charge is -2.23. The summed E-state index contributed by atoms with van der Waals surface area (Å²) < 4.78 is 0. The Morgan fingerprint density at radius 2 is 2.38 bits per heavy atom. The van der Waals surface area contributed by atoms with Crippen LogP contribution < -0.4 is 5.32 Å². The van der Waals surface area contributed by atoms with Gasteiger partial charge in [-0.2, -0.15) is 0 Å². The lowest BCUT2D eigenvalue weighted by atomic mass is 10.3. The second-order valence-electron chi connectivity index (χ2n) is 3.00. The predicted octanol–water partition coefficient (Wildman–Crippen LogP) is 0.617. The number of hydrogen-bond donors (Lipinski definition) is 2. The Morgan fingerprint density at radius 1 is 1.62 bits per heavy atom. The molecule has 0 saturated heterocycles. The molecular formula is C9H10N2O2. The van der Waals surface area contributed by atoms with Crippen LogP contribution in [-0.2, 0) is 4.79 Å². The lowest BCUT2D eigenvalue weighted by Crippen LogP contribution is -2.34. The Bertz CT molecular complexity index is 342. The number of allylic oxidation sites excluding steroid dienone is 3. The molecule has 0 aliphatic carbocycles. The average Bonchev–Trinajstić information content (AvgIpc) is 2.39. The molecule has 1 unspecified atom stereocenters. The van der Waals surface area contributed by atoms with Crippen molar-refractivity contribution in [2.45, 2.75) is 13.1 Å². The number of nitrogens with one attached hydrogen (secondary N) is 1. The molecule has 2 heterocycles. The first-order valence-corrected chi connectivity index (χ1v) is 4.04. The van der Waals surface area contributed by atoms with Crippen LogP contribution in [0.5, 0.6) is 0 Å². The van der Waals surface area contributed by atoms with Crippen LogP contribution in [-0.4, -0.2) is 22.1 Å². The standard InChI is InChI=1S/C9H10N2O2/c1-6-8(9(12)13)11-5-3-2-4-7(11)10-6/h2-5,7,10H,1H3,(H,12,13). The summed E-state index contributed by atoms with van der Waals surface area (Å²) in [4.78, 5) is 12.6. The van der Waals surface area contributed by atoms with Gasteiger partial charge in [-0.05, 0) is 19.1 Å². The first-order chi connectivity index (χ1) is 6.20. The molecule has 2 aliphatic heterocycles. The van der Waals surface area contributed by atoms with Crippen molar-refractivity contribution in [2.24, 2.45) is 0 Å². The second kappa shape index (κ2) is 2.65. The molecule has 0 spiro atoms. The highest BCUT2D eigenvalue weighted by molar-refractivity contribution is 5.87. The van der Waals surface area contributed by atoms with E-state index in [4.69, 9.17) is 5.11 Å². The summed E-state index contributed by atoms with van der Waals surface area (Å²) in [5, 5.41) is 12.0. The summed E-state index contributed by atoms with van der Waals surface area (Å²) in [6.07, 6.45) is 7.36. The van der Waals surface area contributed by atoms with Crippen molar-refractivity contribution in [1.82, 2.24) is 10.2 Å². The molecule has 0 aromatic carbocycles. The van der Waals surface area contributed by atoms with Crippen molar-refractivity contribution < 1.29 is 9.90 Å². The van der Waals surface area contributed by atoms with Crippen LogP contribution in [0.25, 0.3) is 0 Å². The first-order valence-electron chi connectivity index (χ1n) is 4.04. The Kier molecular flexibility index (Phi) is 1.62. The number of fused-ring (bicyclic) bond motifs is 1. The average molecular weight is 178 g/mol. The van der Waals surface area contributed by atoms with Crippen LogP contribution in [0.15, 0.2) is 35.8 Å². The van der Waals surface area contributed by atoms with Gasteiger partial charge in [0.2, 0.25) is 0 Å². The number of aliphatic carboxylic acids is 1. The first kappa shape index (κ1) is 7.91. The molecule has 0 aromatic rings. The zero-order valence-electron chi connectivity index (χ0n) is 7.19. The topological polar surface area (TPSA) is 52.6 Å². The zero-order valence-corrected chi connectivity index (χ0v) is 7.19. The summed E-state index contributed by atoms with van der Waals surface area (Å²) in [5.41, 5.74) is 1.03. The summed E-state index contributed by atoms with van der Waals surface area (Å²) in [7, 11) is 0. The van der Waals surface area contributed by atoms with Gasteiger partial charge in [-0.3, -0.25) is 0 Å². The van der Waals surface area contributed by atoms with Crippen molar-refractivity contribution in [3.05, 3.63) is 35.8 Å². The fourth-order valence-corrected chi connectivity index (χ4v) is 1.58. The van der Waals surface area contributed by atoms with Crippen molar-refractivity contribution in [3.8, 4) is 0 Å². The SMILES string of the molecule is CC1=C(C(=O)O)N2C=CC=CC2N1. The quantitative estimate of drug-likeness (QED) is 0.618. The van der Waals surface area contributed by atoms with Gasteiger partial charge in [0.1, 0.15) is 11.9 Å². The van der Waals surface area contributed by atoms with Gasteiger partial charge in [0.05, 0.1) is 0 Å². The third kappa shape index (κ3) is 1.11. The predicted molar refractivity (Wildman–Crippen MR) is 47.4 cm³/mol. The number of carbonyl (C=O) groups is 1. The third-order valence-corrected chi connectivity index (χ3v) is 2.13. The van der Waals surface area contributed by atoms with E-state index in [1.807, 2.05) is 18.2 Å². The molecule has 0 amide bonds. The van der Waals surface area contributed by atoms with Gasteiger partial charge in [-0.15, -0.1) is 0 Å².